The molecule has 0 amide bonds. The molecule has 0 aromatic heterocycles. The molecule has 5 unspecified atom stereocenters. The smallest absolute Gasteiger partial charge is 0.0787 e. The first kappa shape index (κ1) is 25.7. The van der Waals surface area contributed by atoms with E-state index in [0.717, 1.165) is 31.4 Å². The maximum Gasteiger partial charge on any atom is 0.0787 e. The molecule has 0 aromatic carbocycles. The van der Waals surface area contributed by atoms with Crippen LogP contribution in [-0.2, 0) is 0 Å². The topological polar surface area (TPSA) is 40.5 Å². The quantitative estimate of drug-likeness (QED) is 0.421. The van der Waals surface area contributed by atoms with Gasteiger partial charge in [0.25, 0.3) is 0 Å². The van der Waals surface area contributed by atoms with Crippen molar-refractivity contribution in [3.63, 3.8) is 0 Å². The maximum atomic E-state index is 10.3. The molecule has 5 atom stereocenters. The van der Waals surface area contributed by atoms with E-state index in [1.165, 1.54) is 30.4 Å². The molecule has 3 heteroatoms. The molecule has 0 spiro atoms. The molecule has 2 aliphatic rings. The van der Waals surface area contributed by atoms with Gasteiger partial charge in [-0.15, -0.1) is 0 Å². The Labute approximate surface area is 190 Å². The van der Waals surface area contributed by atoms with Crippen LogP contribution in [0.2, 0.25) is 0 Å². The lowest BCUT2D eigenvalue weighted by Gasteiger charge is -2.48. The third-order valence-corrected chi connectivity index (χ3v) is 9.46. The third-order valence-electron chi connectivity index (χ3n) is 8.09. The highest BCUT2D eigenvalue weighted by molar-refractivity contribution is 7.99. The number of rotatable bonds is 7. The Bertz CT molecular complexity index is 654. The summed E-state index contributed by atoms with van der Waals surface area (Å²) in [4.78, 5) is 0. The number of hydrogen-bond donors (Lipinski definition) is 2. The fourth-order valence-corrected chi connectivity index (χ4v) is 6.81. The average molecular weight is 435 g/mol. The highest BCUT2D eigenvalue weighted by Crippen LogP contribution is 2.51. The van der Waals surface area contributed by atoms with Gasteiger partial charge in [-0.3, -0.25) is 0 Å². The Morgan fingerprint density at radius 3 is 2.47 bits per heavy atom. The predicted molar refractivity (Wildman–Crippen MR) is 133 cm³/mol. The van der Waals surface area contributed by atoms with Crippen LogP contribution in [0, 0.1) is 17.3 Å². The minimum Gasteiger partial charge on any atom is -0.390 e. The first-order chi connectivity index (χ1) is 14.0. The number of thioether (sulfide) groups is 1. The SMILES string of the molecule is C/C=C1\CC/C(=C/C=C2\CCCC(C)(C(C)C(C)SCCC(C)(C)O)C2C)CC1O. The van der Waals surface area contributed by atoms with Crippen LogP contribution >= 0.6 is 11.8 Å². The van der Waals surface area contributed by atoms with Crippen molar-refractivity contribution in [3.8, 4) is 0 Å². The number of aliphatic hydroxyl groups is 2. The molecule has 0 bridgehead atoms. The molecule has 2 aliphatic carbocycles. The Kier molecular flexibility index (Phi) is 9.34. The summed E-state index contributed by atoms with van der Waals surface area (Å²) in [5.41, 5.74) is 3.92. The highest BCUT2D eigenvalue weighted by atomic mass is 32.2. The lowest BCUT2D eigenvalue weighted by Crippen LogP contribution is -2.40. The fraction of sp³-hybridized carbons (Fsp3) is 0.778. The molecule has 0 aliphatic heterocycles. The van der Waals surface area contributed by atoms with Gasteiger partial charge in [0.05, 0.1) is 11.7 Å². The van der Waals surface area contributed by atoms with Gasteiger partial charge in [-0.25, -0.2) is 0 Å². The molecule has 2 fully saturated rings. The van der Waals surface area contributed by atoms with Crippen molar-refractivity contribution < 1.29 is 10.2 Å². The van der Waals surface area contributed by atoms with Crippen molar-refractivity contribution in [1.82, 2.24) is 0 Å². The molecule has 0 radical (unpaired) electrons. The van der Waals surface area contributed by atoms with Crippen molar-refractivity contribution in [2.45, 2.75) is 110 Å². The van der Waals surface area contributed by atoms with Crippen LogP contribution in [0.25, 0.3) is 0 Å². The van der Waals surface area contributed by atoms with Gasteiger partial charge in [0.1, 0.15) is 0 Å². The Morgan fingerprint density at radius 2 is 1.87 bits per heavy atom. The van der Waals surface area contributed by atoms with Crippen molar-refractivity contribution in [2.75, 3.05) is 5.75 Å². The zero-order valence-electron chi connectivity index (χ0n) is 20.5. The summed E-state index contributed by atoms with van der Waals surface area (Å²) in [5, 5.41) is 20.9. The van der Waals surface area contributed by atoms with Gasteiger partial charge in [-0.2, -0.15) is 11.8 Å². The summed E-state index contributed by atoms with van der Waals surface area (Å²) in [6.45, 7) is 15.6. The molecule has 2 saturated carbocycles. The summed E-state index contributed by atoms with van der Waals surface area (Å²) in [5.74, 6) is 2.23. The second-order valence-electron chi connectivity index (χ2n) is 10.7. The van der Waals surface area contributed by atoms with Crippen LogP contribution in [0.5, 0.6) is 0 Å². The van der Waals surface area contributed by atoms with Gasteiger partial charge in [0, 0.05) is 5.25 Å². The molecule has 0 heterocycles. The zero-order chi connectivity index (χ0) is 22.5. The normalized spacial score (nSPS) is 34.5. The Hall–Kier alpha value is -0.510. The van der Waals surface area contributed by atoms with Gasteiger partial charge in [0.2, 0.25) is 0 Å². The molecular formula is C27H46O2S. The largest absolute Gasteiger partial charge is 0.390 e. The second-order valence-corrected chi connectivity index (χ2v) is 12.1. The molecule has 2 rings (SSSR count). The van der Waals surface area contributed by atoms with Gasteiger partial charge in [0.15, 0.2) is 0 Å². The zero-order valence-corrected chi connectivity index (χ0v) is 21.3. The van der Waals surface area contributed by atoms with E-state index in [1.54, 1.807) is 5.57 Å². The van der Waals surface area contributed by atoms with Gasteiger partial charge >= 0.3 is 0 Å². The number of hydrogen-bond acceptors (Lipinski definition) is 3. The lowest BCUT2D eigenvalue weighted by atomic mass is 9.59. The highest BCUT2D eigenvalue weighted by Gasteiger charge is 2.42. The fourth-order valence-electron chi connectivity index (χ4n) is 5.22. The maximum absolute atomic E-state index is 10.3. The molecule has 2 nitrogen and oxygen atoms in total. The minimum absolute atomic E-state index is 0.288. The molecule has 2 N–H and O–H groups in total. The van der Waals surface area contributed by atoms with Crippen LogP contribution in [0.1, 0.15) is 93.4 Å². The molecular weight excluding hydrogens is 388 g/mol. The molecule has 0 saturated heterocycles. The number of aliphatic hydroxyl groups excluding tert-OH is 1. The van der Waals surface area contributed by atoms with E-state index in [9.17, 15) is 10.2 Å². The van der Waals surface area contributed by atoms with Gasteiger partial charge < -0.3 is 10.2 Å². The lowest BCUT2D eigenvalue weighted by molar-refractivity contribution is 0.0774. The molecule has 0 aromatic rings. The van der Waals surface area contributed by atoms with Crippen molar-refractivity contribution in [2.24, 2.45) is 17.3 Å². The first-order valence-electron chi connectivity index (χ1n) is 12.0. The second kappa shape index (κ2) is 10.9. The van der Waals surface area contributed by atoms with E-state index in [1.807, 2.05) is 32.5 Å². The van der Waals surface area contributed by atoms with E-state index in [2.05, 4.69) is 45.9 Å². The molecule has 172 valence electrons. The van der Waals surface area contributed by atoms with Crippen molar-refractivity contribution in [1.29, 1.82) is 0 Å². The van der Waals surface area contributed by atoms with E-state index >= 15 is 0 Å². The summed E-state index contributed by atoms with van der Waals surface area (Å²) >= 11 is 2.02. The third kappa shape index (κ3) is 6.74. The van der Waals surface area contributed by atoms with Crippen LogP contribution in [0.4, 0.5) is 0 Å². The van der Waals surface area contributed by atoms with Gasteiger partial charge in [-0.05, 0) is 94.3 Å². The van der Waals surface area contributed by atoms with Gasteiger partial charge in [-0.1, -0.05) is 57.1 Å². The summed E-state index contributed by atoms with van der Waals surface area (Å²) in [6, 6.07) is 0. The van der Waals surface area contributed by atoms with Crippen LogP contribution in [0.3, 0.4) is 0 Å². The standard InChI is InChI=1S/C27H46O2S/c1-8-23-13-11-22(18-25(23)28)12-14-24-10-9-15-27(7,20(24)3)19(2)21(4)30-17-16-26(5,6)29/h8,12,14,19-21,25,28-29H,9-11,13,15-18H2,1-7H3/b22-12-,23-8+,24-14+. The summed E-state index contributed by atoms with van der Waals surface area (Å²) < 4.78 is 0. The Balaban J connectivity index is 2.04. The van der Waals surface area contributed by atoms with E-state index in [4.69, 9.17) is 0 Å². The van der Waals surface area contributed by atoms with Crippen LogP contribution in [-0.4, -0.2) is 32.9 Å². The van der Waals surface area contributed by atoms with Crippen LogP contribution in [0.15, 0.2) is 34.9 Å². The Morgan fingerprint density at radius 1 is 1.17 bits per heavy atom. The number of allylic oxidation sites excluding steroid dienone is 4. The summed E-state index contributed by atoms with van der Waals surface area (Å²) in [7, 11) is 0. The monoisotopic (exact) mass is 434 g/mol. The van der Waals surface area contributed by atoms with Crippen molar-refractivity contribution in [3.05, 3.63) is 34.9 Å². The van der Waals surface area contributed by atoms with E-state index < -0.39 is 5.60 Å². The van der Waals surface area contributed by atoms with Crippen molar-refractivity contribution >= 4 is 11.8 Å². The van der Waals surface area contributed by atoms with E-state index in [-0.39, 0.29) is 6.10 Å². The minimum atomic E-state index is -0.568. The first-order valence-corrected chi connectivity index (χ1v) is 13.1. The summed E-state index contributed by atoms with van der Waals surface area (Å²) in [6.07, 6.45) is 14.0. The van der Waals surface area contributed by atoms with Crippen LogP contribution < -0.4 is 0 Å². The molecule has 30 heavy (non-hydrogen) atoms. The average Bonchev–Trinajstić information content (AvgIpc) is 2.67. The predicted octanol–water partition coefficient (Wildman–Crippen LogP) is 7.08. The van der Waals surface area contributed by atoms with E-state index in [0.29, 0.717) is 22.5 Å².